The van der Waals surface area contributed by atoms with Crippen LogP contribution in [0.2, 0.25) is 0 Å². The Hall–Kier alpha value is -5.30. The van der Waals surface area contributed by atoms with Crippen molar-refractivity contribution in [1.29, 1.82) is 0 Å². The maximum atomic E-state index is 13.9. The van der Waals surface area contributed by atoms with Crippen LogP contribution in [0.3, 0.4) is 0 Å². The second-order valence-electron chi connectivity index (χ2n) is 9.14. The molecule has 0 unspecified atom stereocenters. The minimum absolute atomic E-state index is 0.228. The minimum atomic E-state index is -0.737. The Morgan fingerprint density at radius 3 is 1.55 bits per heavy atom. The number of nitrogens with zero attached hydrogens (tertiary/aromatic N) is 2. The van der Waals surface area contributed by atoms with Gasteiger partial charge in [-0.3, -0.25) is 19.2 Å². The molecule has 182 valence electrons. The van der Waals surface area contributed by atoms with Crippen molar-refractivity contribution in [3.63, 3.8) is 0 Å². The molecule has 7 rings (SSSR count). The van der Waals surface area contributed by atoms with Crippen LogP contribution in [0, 0.1) is 0 Å². The monoisotopic (exact) mass is 498 g/mol. The number of ether oxygens (including phenoxy) is 1. The van der Waals surface area contributed by atoms with E-state index in [0.29, 0.717) is 31.9 Å². The number of carbonyl (C=O) groups excluding carboxylic acids is 4. The molecule has 0 fully saturated rings. The molecule has 38 heavy (non-hydrogen) atoms. The van der Waals surface area contributed by atoms with E-state index in [1.54, 1.807) is 55.6 Å². The summed E-state index contributed by atoms with van der Waals surface area (Å²) in [4.78, 5) is 55.0. The average molecular weight is 498 g/mol. The Morgan fingerprint density at radius 2 is 0.947 bits per heavy atom. The summed E-state index contributed by atoms with van der Waals surface area (Å²) in [6.07, 6.45) is 0. The standard InChI is InChI=1S/C31H18N2O5/c1-38-25-14-3-2-9-19(25)18-15-16-24-27-20(18)10-6-13-23(27)30(36)33(31(24)37)32-28(34)21-11-4-7-17-8-5-12-22(26(17)21)29(32)35/h2-16H,1H3. The minimum Gasteiger partial charge on any atom is -0.496 e. The van der Waals surface area contributed by atoms with E-state index in [2.05, 4.69) is 0 Å². The molecule has 2 aliphatic rings. The van der Waals surface area contributed by atoms with Crippen LogP contribution < -0.4 is 4.74 Å². The van der Waals surface area contributed by atoms with Gasteiger partial charge in [-0.1, -0.05) is 60.7 Å². The van der Waals surface area contributed by atoms with Crippen LogP contribution in [0.25, 0.3) is 32.7 Å². The molecule has 0 saturated heterocycles. The fraction of sp³-hybridized carbons (Fsp3) is 0.0323. The summed E-state index contributed by atoms with van der Waals surface area (Å²) in [5.74, 6) is -2.26. The summed E-state index contributed by atoms with van der Waals surface area (Å²) in [6, 6.07) is 26.3. The highest BCUT2D eigenvalue weighted by molar-refractivity contribution is 6.31. The molecule has 4 amide bonds. The lowest BCUT2D eigenvalue weighted by Crippen LogP contribution is -2.58. The van der Waals surface area contributed by atoms with Gasteiger partial charge >= 0.3 is 0 Å². The summed E-state index contributed by atoms with van der Waals surface area (Å²) in [5.41, 5.74) is 2.58. The summed E-state index contributed by atoms with van der Waals surface area (Å²) in [5, 5.41) is 3.77. The van der Waals surface area contributed by atoms with E-state index in [-0.39, 0.29) is 22.3 Å². The third-order valence-electron chi connectivity index (χ3n) is 7.23. The number of carbonyl (C=O) groups is 4. The van der Waals surface area contributed by atoms with Gasteiger partial charge in [-0.2, -0.15) is 10.0 Å². The molecule has 0 aliphatic carbocycles. The third-order valence-corrected chi connectivity index (χ3v) is 7.23. The number of methoxy groups -OCH3 is 1. The fourth-order valence-corrected chi connectivity index (χ4v) is 5.57. The molecule has 0 spiro atoms. The first-order valence-corrected chi connectivity index (χ1v) is 12.0. The maximum absolute atomic E-state index is 13.9. The van der Waals surface area contributed by atoms with E-state index in [9.17, 15) is 19.2 Å². The molecular formula is C31H18N2O5. The van der Waals surface area contributed by atoms with Crippen molar-refractivity contribution in [1.82, 2.24) is 10.0 Å². The number of hydrazine groups is 1. The molecule has 2 heterocycles. The van der Waals surface area contributed by atoms with Crippen LogP contribution in [-0.4, -0.2) is 40.8 Å². The smallest absolute Gasteiger partial charge is 0.281 e. The van der Waals surface area contributed by atoms with Gasteiger partial charge in [0.25, 0.3) is 23.6 Å². The Balaban J connectivity index is 1.41. The molecule has 0 bridgehead atoms. The van der Waals surface area contributed by atoms with Gasteiger partial charge in [0.1, 0.15) is 5.75 Å². The Kier molecular flexibility index (Phi) is 4.53. The lowest BCUT2D eigenvalue weighted by molar-refractivity contribution is 0.00212. The van der Waals surface area contributed by atoms with E-state index in [0.717, 1.165) is 16.5 Å². The molecule has 2 aliphatic heterocycles. The first-order valence-electron chi connectivity index (χ1n) is 12.0. The number of benzene rings is 5. The average Bonchev–Trinajstić information content (AvgIpc) is 2.96. The lowest BCUT2D eigenvalue weighted by atomic mass is 9.89. The maximum Gasteiger partial charge on any atom is 0.281 e. The van der Waals surface area contributed by atoms with Crippen molar-refractivity contribution in [2.75, 3.05) is 7.11 Å². The van der Waals surface area contributed by atoms with Gasteiger partial charge in [0.2, 0.25) is 0 Å². The second-order valence-corrected chi connectivity index (χ2v) is 9.14. The molecule has 7 nitrogen and oxygen atoms in total. The third kappa shape index (κ3) is 2.78. The number of amides is 4. The zero-order valence-electron chi connectivity index (χ0n) is 20.1. The van der Waals surface area contributed by atoms with Crippen molar-refractivity contribution in [2.45, 2.75) is 0 Å². The number of hydrogen-bond acceptors (Lipinski definition) is 5. The topological polar surface area (TPSA) is 84.0 Å². The fourth-order valence-electron chi connectivity index (χ4n) is 5.57. The SMILES string of the molecule is COc1ccccc1-c1ccc2c3c(cccc13)C(=O)N(N1C(=O)c3cccc4cccc(c34)C1=O)C2=O. The van der Waals surface area contributed by atoms with Crippen LogP contribution >= 0.6 is 0 Å². The van der Waals surface area contributed by atoms with Gasteiger partial charge in [0.15, 0.2) is 0 Å². The van der Waals surface area contributed by atoms with Crippen molar-refractivity contribution in [2.24, 2.45) is 0 Å². The van der Waals surface area contributed by atoms with Gasteiger partial charge < -0.3 is 4.74 Å². The normalized spacial score (nSPS) is 14.6. The molecule has 7 heteroatoms. The molecule has 0 atom stereocenters. The zero-order valence-corrected chi connectivity index (χ0v) is 20.1. The summed E-state index contributed by atoms with van der Waals surface area (Å²) < 4.78 is 5.54. The molecule has 0 radical (unpaired) electrons. The van der Waals surface area contributed by atoms with Crippen LogP contribution in [0.15, 0.2) is 91.0 Å². The largest absolute Gasteiger partial charge is 0.496 e. The molecule has 0 aromatic heterocycles. The van der Waals surface area contributed by atoms with Gasteiger partial charge in [-0.15, -0.1) is 0 Å². The molecule has 5 aromatic rings. The Morgan fingerprint density at radius 1 is 0.474 bits per heavy atom. The van der Waals surface area contributed by atoms with E-state index in [1.807, 2.05) is 42.5 Å². The highest BCUT2D eigenvalue weighted by Gasteiger charge is 2.45. The molecular weight excluding hydrogens is 480 g/mol. The number of hydrogen-bond donors (Lipinski definition) is 0. The first-order chi connectivity index (χ1) is 18.5. The molecule has 0 N–H and O–H groups in total. The lowest BCUT2D eigenvalue weighted by Gasteiger charge is -2.37. The summed E-state index contributed by atoms with van der Waals surface area (Å²) in [7, 11) is 1.58. The predicted octanol–water partition coefficient (Wildman–Crippen LogP) is 5.48. The van der Waals surface area contributed by atoms with Crippen molar-refractivity contribution >= 4 is 45.2 Å². The van der Waals surface area contributed by atoms with Crippen molar-refractivity contribution in [3.05, 3.63) is 113 Å². The van der Waals surface area contributed by atoms with Crippen molar-refractivity contribution in [3.8, 4) is 16.9 Å². The number of rotatable bonds is 3. The quantitative estimate of drug-likeness (QED) is 0.308. The predicted molar refractivity (Wildman–Crippen MR) is 141 cm³/mol. The van der Waals surface area contributed by atoms with E-state index < -0.39 is 23.6 Å². The van der Waals surface area contributed by atoms with Gasteiger partial charge in [0, 0.05) is 16.3 Å². The van der Waals surface area contributed by atoms with Crippen LogP contribution in [0.1, 0.15) is 41.4 Å². The summed E-state index contributed by atoms with van der Waals surface area (Å²) in [6.45, 7) is 0. The van der Waals surface area contributed by atoms with Crippen molar-refractivity contribution < 1.29 is 23.9 Å². The van der Waals surface area contributed by atoms with E-state index in [1.165, 1.54) is 0 Å². The van der Waals surface area contributed by atoms with Crippen LogP contribution in [0.4, 0.5) is 0 Å². The van der Waals surface area contributed by atoms with E-state index >= 15 is 0 Å². The number of imide groups is 2. The first kappa shape index (κ1) is 21.9. The highest BCUT2D eigenvalue weighted by atomic mass is 16.5. The van der Waals surface area contributed by atoms with Crippen LogP contribution in [-0.2, 0) is 0 Å². The van der Waals surface area contributed by atoms with Gasteiger partial charge in [-0.25, -0.2) is 0 Å². The highest BCUT2D eigenvalue weighted by Crippen LogP contribution is 2.41. The van der Waals surface area contributed by atoms with E-state index in [4.69, 9.17) is 4.74 Å². The Bertz CT molecular complexity index is 1840. The zero-order chi connectivity index (χ0) is 26.1. The van der Waals surface area contributed by atoms with Crippen LogP contribution in [0.5, 0.6) is 5.75 Å². The number of para-hydroxylation sites is 1. The molecule has 5 aromatic carbocycles. The Labute approximate surface area is 216 Å². The summed E-state index contributed by atoms with van der Waals surface area (Å²) >= 11 is 0. The van der Waals surface area contributed by atoms with Gasteiger partial charge in [-0.05, 0) is 46.7 Å². The van der Waals surface area contributed by atoms with Gasteiger partial charge in [0.05, 0.1) is 29.4 Å². The second kappa shape index (κ2) is 7.85. The molecule has 0 saturated carbocycles.